The van der Waals surface area contributed by atoms with Gasteiger partial charge in [0.05, 0.1) is 6.04 Å². The van der Waals surface area contributed by atoms with E-state index in [0.717, 1.165) is 27.4 Å². The number of hydrogen-bond donors (Lipinski definition) is 2. The van der Waals surface area contributed by atoms with Gasteiger partial charge in [-0.1, -0.05) is 22.0 Å². The predicted octanol–water partition coefficient (Wildman–Crippen LogP) is 4.46. The van der Waals surface area contributed by atoms with Gasteiger partial charge in [-0.05, 0) is 43.2 Å². The van der Waals surface area contributed by atoms with Crippen LogP contribution in [0.5, 0.6) is 0 Å². The first kappa shape index (κ1) is 15.9. The molecule has 0 aliphatic rings. The average Bonchev–Trinajstić information content (AvgIpc) is 2.42. The fourth-order valence-electron chi connectivity index (χ4n) is 2.28. The molecule has 0 saturated heterocycles. The summed E-state index contributed by atoms with van der Waals surface area (Å²) in [4.78, 5) is 0. The highest BCUT2D eigenvalue weighted by Crippen LogP contribution is 2.28. The number of benzene rings is 2. The zero-order valence-electron chi connectivity index (χ0n) is 11.9. The first-order valence-corrected chi connectivity index (χ1v) is 7.40. The van der Waals surface area contributed by atoms with E-state index in [9.17, 15) is 8.78 Å². The van der Waals surface area contributed by atoms with Crippen molar-refractivity contribution in [3.05, 3.63) is 63.1 Å². The zero-order valence-corrected chi connectivity index (χ0v) is 13.5. The maximum atomic E-state index is 13.9. The highest BCUT2D eigenvalue weighted by atomic mass is 79.9. The summed E-state index contributed by atoms with van der Waals surface area (Å²) < 4.78 is 27.9. The van der Waals surface area contributed by atoms with Gasteiger partial charge in [-0.3, -0.25) is 0 Å². The average molecular weight is 355 g/mol. The monoisotopic (exact) mass is 354 g/mol. The van der Waals surface area contributed by atoms with Crippen molar-refractivity contribution in [2.45, 2.75) is 19.9 Å². The van der Waals surface area contributed by atoms with E-state index >= 15 is 0 Å². The van der Waals surface area contributed by atoms with E-state index in [1.165, 1.54) is 12.1 Å². The Hall–Kier alpha value is -1.46. The SMILES string of the molecule is Cc1cc(NC(CN)c2ccc(F)cc2F)cc(C)c1Br. The Morgan fingerprint density at radius 1 is 1.14 bits per heavy atom. The summed E-state index contributed by atoms with van der Waals surface area (Å²) in [6.45, 7) is 4.17. The molecule has 2 rings (SSSR count). The normalized spacial score (nSPS) is 12.3. The van der Waals surface area contributed by atoms with Gasteiger partial charge in [-0.2, -0.15) is 0 Å². The Morgan fingerprint density at radius 3 is 2.29 bits per heavy atom. The van der Waals surface area contributed by atoms with Gasteiger partial charge >= 0.3 is 0 Å². The van der Waals surface area contributed by atoms with Gasteiger partial charge in [0, 0.05) is 28.3 Å². The van der Waals surface area contributed by atoms with Crippen LogP contribution in [0.15, 0.2) is 34.8 Å². The van der Waals surface area contributed by atoms with E-state index in [-0.39, 0.29) is 6.54 Å². The van der Waals surface area contributed by atoms with Crippen molar-refractivity contribution in [2.75, 3.05) is 11.9 Å². The van der Waals surface area contributed by atoms with Crippen molar-refractivity contribution in [1.29, 1.82) is 0 Å². The van der Waals surface area contributed by atoms with Crippen LogP contribution in [0.2, 0.25) is 0 Å². The summed E-state index contributed by atoms with van der Waals surface area (Å²) in [6.07, 6.45) is 0. The Balaban J connectivity index is 2.31. The number of halogens is 3. The highest BCUT2D eigenvalue weighted by molar-refractivity contribution is 9.10. The predicted molar refractivity (Wildman–Crippen MR) is 85.4 cm³/mol. The molecule has 1 unspecified atom stereocenters. The molecule has 1 atom stereocenters. The van der Waals surface area contributed by atoms with Crippen LogP contribution in [-0.2, 0) is 0 Å². The maximum absolute atomic E-state index is 13.9. The van der Waals surface area contributed by atoms with Crippen LogP contribution in [-0.4, -0.2) is 6.54 Å². The fraction of sp³-hybridized carbons (Fsp3) is 0.250. The van der Waals surface area contributed by atoms with Crippen molar-refractivity contribution < 1.29 is 8.78 Å². The lowest BCUT2D eigenvalue weighted by molar-refractivity contribution is 0.562. The third-order valence-electron chi connectivity index (χ3n) is 3.35. The summed E-state index contributed by atoms with van der Waals surface area (Å²) in [5.74, 6) is -1.19. The Kier molecular flexibility index (Phi) is 4.96. The Bertz CT molecular complexity index is 636. The molecule has 0 bridgehead atoms. The topological polar surface area (TPSA) is 38.0 Å². The molecule has 0 heterocycles. The minimum atomic E-state index is -0.595. The van der Waals surface area contributed by atoms with Crippen LogP contribution in [0.4, 0.5) is 14.5 Å². The standard InChI is InChI=1S/C16H17BrF2N2/c1-9-5-12(6-10(2)16(9)17)21-15(8-20)13-4-3-11(18)7-14(13)19/h3-7,15,21H,8,20H2,1-2H3. The zero-order chi connectivity index (χ0) is 15.6. The molecule has 0 amide bonds. The van der Waals surface area contributed by atoms with Crippen molar-refractivity contribution in [3.8, 4) is 0 Å². The van der Waals surface area contributed by atoms with Crippen LogP contribution >= 0.6 is 15.9 Å². The summed E-state index contributed by atoms with van der Waals surface area (Å²) in [5, 5.41) is 3.21. The molecule has 2 nitrogen and oxygen atoms in total. The molecular weight excluding hydrogens is 338 g/mol. The van der Waals surface area contributed by atoms with Gasteiger partial charge in [0.1, 0.15) is 11.6 Å². The molecule has 112 valence electrons. The van der Waals surface area contributed by atoms with E-state index in [2.05, 4.69) is 21.2 Å². The number of anilines is 1. The first-order valence-electron chi connectivity index (χ1n) is 6.60. The number of nitrogens with one attached hydrogen (secondary N) is 1. The van der Waals surface area contributed by atoms with Gasteiger partial charge in [-0.15, -0.1) is 0 Å². The second-order valence-corrected chi connectivity index (χ2v) is 5.82. The van der Waals surface area contributed by atoms with E-state index < -0.39 is 17.7 Å². The molecule has 5 heteroatoms. The quantitative estimate of drug-likeness (QED) is 0.850. The van der Waals surface area contributed by atoms with Crippen molar-refractivity contribution in [2.24, 2.45) is 5.73 Å². The molecular formula is C16H17BrF2N2. The molecule has 0 aromatic heterocycles. The smallest absolute Gasteiger partial charge is 0.131 e. The van der Waals surface area contributed by atoms with Crippen LogP contribution in [0.3, 0.4) is 0 Å². The van der Waals surface area contributed by atoms with Gasteiger partial charge in [0.15, 0.2) is 0 Å². The Labute approximate surface area is 131 Å². The van der Waals surface area contributed by atoms with Gasteiger partial charge < -0.3 is 11.1 Å². The summed E-state index contributed by atoms with van der Waals surface area (Å²) in [7, 11) is 0. The third kappa shape index (κ3) is 3.60. The van der Waals surface area contributed by atoms with E-state index in [4.69, 9.17) is 5.73 Å². The second-order valence-electron chi connectivity index (χ2n) is 5.02. The molecule has 2 aromatic rings. The molecule has 0 saturated carbocycles. The molecule has 0 spiro atoms. The molecule has 0 radical (unpaired) electrons. The Morgan fingerprint density at radius 2 is 1.76 bits per heavy atom. The highest BCUT2D eigenvalue weighted by Gasteiger charge is 2.15. The van der Waals surface area contributed by atoms with Gasteiger partial charge in [0.2, 0.25) is 0 Å². The maximum Gasteiger partial charge on any atom is 0.131 e. The molecule has 21 heavy (non-hydrogen) atoms. The minimum Gasteiger partial charge on any atom is -0.377 e. The van der Waals surface area contributed by atoms with Crippen molar-refractivity contribution >= 4 is 21.6 Å². The van der Waals surface area contributed by atoms with Crippen LogP contribution in [0, 0.1) is 25.5 Å². The molecule has 2 aromatic carbocycles. The van der Waals surface area contributed by atoms with Gasteiger partial charge in [-0.25, -0.2) is 8.78 Å². The number of rotatable bonds is 4. The summed E-state index contributed by atoms with van der Waals surface area (Å²) >= 11 is 3.51. The largest absolute Gasteiger partial charge is 0.377 e. The number of hydrogen-bond acceptors (Lipinski definition) is 2. The van der Waals surface area contributed by atoms with Crippen molar-refractivity contribution in [1.82, 2.24) is 0 Å². The number of nitrogens with two attached hydrogens (primary N) is 1. The molecule has 3 N–H and O–H groups in total. The van der Waals surface area contributed by atoms with E-state index in [1.54, 1.807) is 0 Å². The van der Waals surface area contributed by atoms with E-state index in [1.807, 2.05) is 26.0 Å². The van der Waals surface area contributed by atoms with Crippen LogP contribution in [0.1, 0.15) is 22.7 Å². The summed E-state index contributed by atoms with van der Waals surface area (Å²) in [5.41, 5.74) is 9.10. The lowest BCUT2D eigenvalue weighted by Crippen LogP contribution is -2.22. The van der Waals surface area contributed by atoms with Gasteiger partial charge in [0.25, 0.3) is 0 Å². The molecule has 0 aliphatic heterocycles. The van der Waals surface area contributed by atoms with Crippen molar-refractivity contribution in [3.63, 3.8) is 0 Å². The third-order valence-corrected chi connectivity index (χ3v) is 4.60. The van der Waals surface area contributed by atoms with Crippen LogP contribution < -0.4 is 11.1 Å². The van der Waals surface area contributed by atoms with Crippen LogP contribution in [0.25, 0.3) is 0 Å². The molecule has 0 aliphatic carbocycles. The fourth-order valence-corrected chi connectivity index (χ4v) is 2.51. The molecule has 0 fully saturated rings. The lowest BCUT2D eigenvalue weighted by atomic mass is 10.0. The lowest BCUT2D eigenvalue weighted by Gasteiger charge is -2.20. The second kappa shape index (κ2) is 6.54. The minimum absolute atomic E-state index is 0.205. The van der Waals surface area contributed by atoms with E-state index in [0.29, 0.717) is 5.56 Å². The first-order chi connectivity index (χ1) is 9.92. The number of aryl methyl sites for hydroxylation is 2. The summed E-state index contributed by atoms with van der Waals surface area (Å²) in [6, 6.07) is 7.04.